The third-order valence-corrected chi connectivity index (χ3v) is 14.5. The van der Waals surface area contributed by atoms with Gasteiger partial charge in [0.25, 0.3) is 0 Å². The lowest BCUT2D eigenvalue weighted by Crippen LogP contribution is -2.30. The van der Waals surface area contributed by atoms with Gasteiger partial charge in [-0.3, -0.25) is 23.4 Å². The Hall–Kier alpha value is -3.08. The molecule has 3 atom stereocenters. The number of aliphatic hydroxyl groups excluding tert-OH is 1. The van der Waals surface area contributed by atoms with Crippen molar-refractivity contribution in [3.8, 4) is 0 Å². The highest BCUT2D eigenvalue weighted by molar-refractivity contribution is 7.47. The number of rotatable bonds is 59. The van der Waals surface area contributed by atoms with E-state index in [9.17, 15) is 28.9 Å². The summed E-state index contributed by atoms with van der Waals surface area (Å²) in [6.45, 7) is 4.53. The summed E-state index contributed by atoms with van der Waals surface area (Å²) in [4.78, 5) is 48.7. The van der Waals surface area contributed by atoms with Crippen molar-refractivity contribution >= 4 is 25.7 Å². The molecule has 0 aromatic rings. The molecule has 0 aliphatic heterocycles. The van der Waals surface area contributed by atoms with Gasteiger partial charge in [-0.1, -0.05) is 235 Å². The molecule has 0 saturated heterocycles. The predicted molar refractivity (Wildman–Crippen MR) is 325 cm³/mol. The lowest BCUT2D eigenvalue weighted by molar-refractivity contribution is -0.161. The van der Waals surface area contributed by atoms with Gasteiger partial charge in [-0.2, -0.15) is 0 Å². The van der Waals surface area contributed by atoms with E-state index < -0.39 is 57.8 Å². The summed E-state index contributed by atoms with van der Waals surface area (Å²) in [5, 5.41) is 9.84. The summed E-state index contributed by atoms with van der Waals surface area (Å²) < 4.78 is 39.7. The fourth-order valence-corrected chi connectivity index (χ4v) is 9.53. The number of allylic oxidation sites excluding steroid dienone is 12. The molecule has 0 aliphatic rings. The molecule has 0 aromatic carbocycles. The average Bonchev–Trinajstić information content (AvgIpc) is 3.43. The molecular formula is C66H117O11P. The van der Waals surface area contributed by atoms with E-state index in [2.05, 4.69) is 93.7 Å². The maximum absolute atomic E-state index is 12.9. The standard InChI is InChI=1S/C66H117O11P/c1-4-7-10-13-16-19-22-25-28-30-31-33-35-37-40-43-46-49-52-55-64(68)73-59-63(77-66(70)57-54-51-48-45-42-39-36-32-29-26-23-20-17-14-11-8-5-2)61-75-78(71,72)74-60-62(58-67)76-65(69)56-53-50-47-44-41-38-34-27-24-21-18-15-12-9-6-3/h7,10,16,19,25-29,31,33-34,62-63,67H,4-6,8-9,11-15,17-18,20-24,30,32,35-61H2,1-3H3,(H,71,72)/b10-7-,19-16-,28-25-,29-26-,33-31-,34-27-. The topological polar surface area (TPSA) is 155 Å². The Balaban J connectivity index is 4.73. The minimum atomic E-state index is -4.76. The van der Waals surface area contributed by atoms with Crippen LogP contribution in [0.15, 0.2) is 72.9 Å². The molecule has 11 nitrogen and oxygen atoms in total. The van der Waals surface area contributed by atoms with Gasteiger partial charge in [0.2, 0.25) is 0 Å². The average molecular weight is 1120 g/mol. The van der Waals surface area contributed by atoms with Gasteiger partial charge in [-0.25, -0.2) is 4.57 Å². The molecule has 0 bridgehead atoms. The smallest absolute Gasteiger partial charge is 0.462 e. The van der Waals surface area contributed by atoms with Crippen LogP contribution in [0.5, 0.6) is 0 Å². The third-order valence-electron chi connectivity index (χ3n) is 13.6. The van der Waals surface area contributed by atoms with Crippen molar-refractivity contribution in [3.63, 3.8) is 0 Å². The van der Waals surface area contributed by atoms with Crippen LogP contribution in [0.25, 0.3) is 0 Å². The molecule has 0 fully saturated rings. The molecule has 12 heteroatoms. The molecule has 0 radical (unpaired) electrons. The van der Waals surface area contributed by atoms with Gasteiger partial charge in [0.15, 0.2) is 6.10 Å². The molecule has 0 spiro atoms. The second-order valence-corrected chi connectivity index (χ2v) is 22.6. The normalized spacial score (nSPS) is 13.8. The first kappa shape index (κ1) is 74.9. The Bertz CT molecular complexity index is 1590. The molecule has 0 aromatic heterocycles. The summed E-state index contributed by atoms with van der Waals surface area (Å²) in [5.41, 5.74) is 0. The van der Waals surface area contributed by atoms with Crippen LogP contribution in [-0.2, 0) is 42.2 Å². The first-order valence-electron chi connectivity index (χ1n) is 31.8. The summed E-state index contributed by atoms with van der Waals surface area (Å²) in [5.74, 6) is -1.48. The Labute approximate surface area is 478 Å². The van der Waals surface area contributed by atoms with E-state index in [1.165, 1.54) is 96.3 Å². The molecular weight excluding hydrogens is 1000 g/mol. The molecule has 0 saturated carbocycles. The summed E-state index contributed by atoms with van der Waals surface area (Å²) >= 11 is 0. The van der Waals surface area contributed by atoms with Crippen molar-refractivity contribution in [1.29, 1.82) is 0 Å². The molecule has 0 rings (SSSR count). The van der Waals surface area contributed by atoms with Crippen LogP contribution in [0.2, 0.25) is 0 Å². The number of phosphoric acid groups is 1. The Kier molecular flexibility index (Phi) is 57.7. The number of hydrogen-bond donors (Lipinski definition) is 2. The minimum Gasteiger partial charge on any atom is -0.462 e. The Morgan fingerprint density at radius 2 is 0.667 bits per heavy atom. The number of esters is 3. The number of aliphatic hydroxyl groups is 1. The SMILES string of the molecule is CC/C=C\C/C=C\C/C=C\C/C=C\CCCCCCCCC(=O)OCC(COP(=O)(O)OCC(CO)OC(=O)CCCCCCC/C=C\CCCCCCCC)OC(=O)CCCCCCCCC/C=C\CCCCCCCC. The molecule has 78 heavy (non-hydrogen) atoms. The quantitative estimate of drug-likeness (QED) is 0.0197. The Morgan fingerprint density at radius 1 is 0.372 bits per heavy atom. The van der Waals surface area contributed by atoms with E-state index in [4.69, 9.17) is 23.3 Å². The number of phosphoric ester groups is 1. The van der Waals surface area contributed by atoms with Crippen molar-refractivity contribution in [2.45, 2.75) is 303 Å². The maximum atomic E-state index is 12.9. The second kappa shape index (κ2) is 60.0. The van der Waals surface area contributed by atoms with Crippen LogP contribution in [0.1, 0.15) is 290 Å². The van der Waals surface area contributed by atoms with Crippen molar-refractivity contribution in [2.24, 2.45) is 0 Å². The largest absolute Gasteiger partial charge is 0.472 e. The number of carbonyl (C=O) groups is 3. The van der Waals surface area contributed by atoms with Gasteiger partial charge in [0.05, 0.1) is 19.8 Å². The zero-order chi connectivity index (χ0) is 56.9. The minimum absolute atomic E-state index is 0.158. The highest BCUT2D eigenvalue weighted by Crippen LogP contribution is 2.43. The van der Waals surface area contributed by atoms with Gasteiger partial charge in [-0.05, 0) is 109 Å². The summed E-state index contributed by atoms with van der Waals surface area (Å²) in [6.07, 6.45) is 68.5. The molecule has 452 valence electrons. The maximum Gasteiger partial charge on any atom is 0.472 e. The monoisotopic (exact) mass is 1120 g/mol. The highest BCUT2D eigenvalue weighted by atomic mass is 31.2. The zero-order valence-corrected chi connectivity index (χ0v) is 51.0. The molecule has 0 heterocycles. The van der Waals surface area contributed by atoms with Gasteiger partial charge < -0.3 is 24.2 Å². The van der Waals surface area contributed by atoms with Crippen LogP contribution in [-0.4, -0.2) is 66.5 Å². The highest BCUT2D eigenvalue weighted by Gasteiger charge is 2.28. The number of ether oxygens (including phenoxy) is 3. The molecule has 0 amide bonds. The van der Waals surface area contributed by atoms with E-state index in [0.717, 1.165) is 135 Å². The number of carbonyl (C=O) groups excluding carboxylic acids is 3. The van der Waals surface area contributed by atoms with Crippen molar-refractivity contribution in [1.82, 2.24) is 0 Å². The third kappa shape index (κ3) is 57.6. The summed E-state index contributed by atoms with van der Waals surface area (Å²) in [6, 6.07) is 0. The summed E-state index contributed by atoms with van der Waals surface area (Å²) in [7, 11) is -4.76. The first-order chi connectivity index (χ1) is 38.2. The van der Waals surface area contributed by atoms with E-state index in [1.54, 1.807) is 0 Å². The Morgan fingerprint density at radius 3 is 1.04 bits per heavy atom. The van der Waals surface area contributed by atoms with Crippen LogP contribution in [0, 0.1) is 0 Å². The van der Waals surface area contributed by atoms with E-state index >= 15 is 0 Å². The fraction of sp³-hybridized carbons (Fsp3) is 0.773. The lowest BCUT2D eigenvalue weighted by atomic mass is 10.1. The van der Waals surface area contributed by atoms with Gasteiger partial charge in [0.1, 0.15) is 12.7 Å². The lowest BCUT2D eigenvalue weighted by Gasteiger charge is -2.21. The predicted octanol–water partition coefficient (Wildman–Crippen LogP) is 19.3. The molecule has 0 aliphatic carbocycles. The van der Waals surface area contributed by atoms with Gasteiger partial charge >= 0.3 is 25.7 Å². The van der Waals surface area contributed by atoms with Crippen LogP contribution in [0.3, 0.4) is 0 Å². The van der Waals surface area contributed by atoms with Crippen LogP contribution >= 0.6 is 7.82 Å². The van der Waals surface area contributed by atoms with E-state index in [0.29, 0.717) is 19.3 Å². The second-order valence-electron chi connectivity index (χ2n) is 21.2. The number of hydrogen-bond acceptors (Lipinski definition) is 10. The number of unbranched alkanes of at least 4 members (excludes halogenated alkanes) is 30. The molecule has 2 N–H and O–H groups in total. The van der Waals surface area contributed by atoms with Crippen LogP contribution in [0.4, 0.5) is 0 Å². The zero-order valence-electron chi connectivity index (χ0n) is 50.1. The van der Waals surface area contributed by atoms with Crippen molar-refractivity contribution in [3.05, 3.63) is 72.9 Å². The molecule has 3 unspecified atom stereocenters. The van der Waals surface area contributed by atoms with E-state index in [-0.39, 0.29) is 25.9 Å². The van der Waals surface area contributed by atoms with Crippen molar-refractivity contribution in [2.75, 3.05) is 26.4 Å². The van der Waals surface area contributed by atoms with Crippen molar-refractivity contribution < 1.29 is 52.2 Å². The van der Waals surface area contributed by atoms with E-state index in [1.807, 2.05) is 0 Å². The van der Waals surface area contributed by atoms with Gasteiger partial charge in [-0.15, -0.1) is 0 Å². The van der Waals surface area contributed by atoms with Gasteiger partial charge in [0, 0.05) is 19.3 Å². The fourth-order valence-electron chi connectivity index (χ4n) is 8.75. The first-order valence-corrected chi connectivity index (χ1v) is 33.3. The van der Waals surface area contributed by atoms with Crippen LogP contribution < -0.4 is 0 Å².